The fourth-order valence-electron chi connectivity index (χ4n) is 2.64. The molecule has 0 atom stereocenters. The van der Waals surface area contributed by atoms with E-state index in [1.54, 1.807) is 6.92 Å². The van der Waals surface area contributed by atoms with Gasteiger partial charge in [0.15, 0.2) is 0 Å². The summed E-state index contributed by atoms with van der Waals surface area (Å²) in [4.78, 5) is 11.5. The molecule has 0 unspecified atom stereocenters. The van der Waals surface area contributed by atoms with Crippen molar-refractivity contribution in [3.05, 3.63) is 40.7 Å². The molecular weight excluding hydrogens is 276 g/mol. The van der Waals surface area contributed by atoms with Crippen LogP contribution >= 0.6 is 0 Å². The summed E-state index contributed by atoms with van der Waals surface area (Å²) in [6, 6.07) is 4.32. The van der Waals surface area contributed by atoms with E-state index in [0.29, 0.717) is 6.61 Å². The highest BCUT2D eigenvalue weighted by Crippen LogP contribution is 2.30. The topological polar surface area (TPSA) is 43.3 Å². The van der Waals surface area contributed by atoms with Gasteiger partial charge in [-0.05, 0) is 57.9 Å². The minimum Gasteiger partial charge on any atom is -0.463 e. The minimum atomic E-state index is -0.321. The summed E-state index contributed by atoms with van der Waals surface area (Å²) in [6.07, 6.45) is 1.48. The number of benzene rings is 1. The Morgan fingerprint density at radius 1 is 1.32 bits per heavy atom. The summed E-state index contributed by atoms with van der Waals surface area (Å²) in [6.45, 7) is 10.4. The Hall–Kier alpha value is -2.23. The molecule has 118 valence electrons. The van der Waals surface area contributed by atoms with Crippen LogP contribution in [0, 0.1) is 20.8 Å². The summed E-state index contributed by atoms with van der Waals surface area (Å²) in [5.74, 6) is -0.321. The van der Waals surface area contributed by atoms with Gasteiger partial charge < -0.3 is 14.6 Å². The molecule has 1 N–H and O–H groups in total. The summed E-state index contributed by atoms with van der Waals surface area (Å²) in [5, 5.41) is 4.53. The zero-order valence-corrected chi connectivity index (χ0v) is 14.2. The number of carbonyl (C=O) groups is 1. The maximum absolute atomic E-state index is 11.5. The van der Waals surface area contributed by atoms with Gasteiger partial charge in [-0.2, -0.15) is 0 Å². The molecule has 2 aromatic rings. The van der Waals surface area contributed by atoms with E-state index in [-0.39, 0.29) is 5.97 Å². The van der Waals surface area contributed by atoms with Crippen molar-refractivity contribution in [2.75, 3.05) is 11.9 Å². The van der Waals surface area contributed by atoms with Crippen molar-refractivity contribution in [1.82, 2.24) is 4.57 Å². The fraction of sp³-hybridized carbons (Fsp3) is 0.389. The van der Waals surface area contributed by atoms with Gasteiger partial charge in [-0.1, -0.05) is 0 Å². The summed E-state index contributed by atoms with van der Waals surface area (Å²) in [7, 11) is 2.09. The first-order chi connectivity index (χ1) is 10.3. The van der Waals surface area contributed by atoms with Crippen LogP contribution < -0.4 is 5.32 Å². The largest absolute Gasteiger partial charge is 0.463 e. The van der Waals surface area contributed by atoms with Gasteiger partial charge in [-0.25, -0.2) is 4.79 Å². The van der Waals surface area contributed by atoms with Gasteiger partial charge in [-0.3, -0.25) is 0 Å². The van der Waals surface area contributed by atoms with Gasteiger partial charge >= 0.3 is 5.97 Å². The smallest absolute Gasteiger partial charge is 0.332 e. The van der Waals surface area contributed by atoms with E-state index < -0.39 is 0 Å². The van der Waals surface area contributed by atoms with E-state index in [4.69, 9.17) is 4.74 Å². The van der Waals surface area contributed by atoms with Gasteiger partial charge in [0.2, 0.25) is 0 Å². The van der Waals surface area contributed by atoms with E-state index in [2.05, 4.69) is 49.8 Å². The molecule has 0 aliphatic carbocycles. The van der Waals surface area contributed by atoms with Gasteiger partial charge in [-0.15, -0.1) is 0 Å². The van der Waals surface area contributed by atoms with Gasteiger partial charge in [0, 0.05) is 41.1 Å². The van der Waals surface area contributed by atoms with E-state index in [0.717, 1.165) is 16.9 Å². The van der Waals surface area contributed by atoms with Gasteiger partial charge in [0.25, 0.3) is 0 Å². The number of fused-ring (bicyclic) bond motifs is 1. The molecule has 22 heavy (non-hydrogen) atoms. The number of aryl methyl sites for hydroxylation is 3. The lowest BCUT2D eigenvalue weighted by Gasteiger charge is -2.11. The molecule has 1 aromatic heterocycles. The van der Waals surface area contributed by atoms with Gasteiger partial charge in [0.05, 0.1) is 6.61 Å². The zero-order valence-electron chi connectivity index (χ0n) is 14.2. The zero-order chi connectivity index (χ0) is 16.4. The molecule has 4 nitrogen and oxygen atoms in total. The fourth-order valence-corrected chi connectivity index (χ4v) is 2.64. The number of ether oxygens (including phenoxy) is 1. The van der Waals surface area contributed by atoms with Crippen LogP contribution in [-0.4, -0.2) is 17.1 Å². The van der Waals surface area contributed by atoms with Crippen LogP contribution in [0.3, 0.4) is 0 Å². The first-order valence-electron chi connectivity index (χ1n) is 7.53. The monoisotopic (exact) mass is 300 g/mol. The number of carbonyl (C=O) groups excluding carboxylic acids is 1. The third-order valence-corrected chi connectivity index (χ3v) is 4.11. The van der Waals surface area contributed by atoms with Crippen molar-refractivity contribution >= 4 is 22.6 Å². The van der Waals surface area contributed by atoms with Crippen LogP contribution in [0.2, 0.25) is 0 Å². The Balaban J connectivity index is 2.38. The van der Waals surface area contributed by atoms with Crippen molar-refractivity contribution in [2.45, 2.75) is 34.6 Å². The van der Waals surface area contributed by atoms with Crippen LogP contribution in [0.1, 0.15) is 30.7 Å². The molecule has 1 heterocycles. The lowest BCUT2D eigenvalue weighted by molar-refractivity contribution is -0.137. The molecule has 0 saturated carbocycles. The third kappa shape index (κ3) is 3.01. The average Bonchev–Trinajstić information content (AvgIpc) is 2.64. The number of anilines is 1. The predicted octanol–water partition coefficient (Wildman–Crippen LogP) is 3.98. The van der Waals surface area contributed by atoms with Crippen LogP contribution in [0.5, 0.6) is 0 Å². The van der Waals surface area contributed by atoms with Crippen molar-refractivity contribution in [3.63, 3.8) is 0 Å². The molecule has 0 fully saturated rings. The Morgan fingerprint density at radius 2 is 2.00 bits per heavy atom. The highest BCUT2D eigenvalue weighted by molar-refractivity contribution is 5.90. The van der Waals surface area contributed by atoms with E-state index in [1.807, 2.05) is 6.92 Å². The lowest BCUT2D eigenvalue weighted by Crippen LogP contribution is -2.05. The predicted molar refractivity (Wildman–Crippen MR) is 91.1 cm³/mol. The molecule has 0 bridgehead atoms. The number of hydrogen-bond donors (Lipinski definition) is 1. The first kappa shape index (κ1) is 16.1. The Morgan fingerprint density at radius 3 is 2.64 bits per heavy atom. The summed E-state index contributed by atoms with van der Waals surface area (Å²) >= 11 is 0. The second-order valence-corrected chi connectivity index (χ2v) is 5.66. The second kappa shape index (κ2) is 6.26. The number of aromatic nitrogens is 1. The molecule has 0 aliphatic rings. The maximum atomic E-state index is 11.5. The van der Waals surface area contributed by atoms with E-state index >= 15 is 0 Å². The Bertz CT molecular complexity index is 754. The highest BCUT2D eigenvalue weighted by Gasteiger charge is 2.11. The lowest BCUT2D eigenvalue weighted by atomic mass is 10.1. The quantitative estimate of drug-likeness (QED) is 0.686. The first-order valence-corrected chi connectivity index (χ1v) is 7.53. The van der Waals surface area contributed by atoms with Crippen LogP contribution in [0.4, 0.5) is 5.69 Å². The van der Waals surface area contributed by atoms with Crippen molar-refractivity contribution in [2.24, 2.45) is 7.05 Å². The van der Waals surface area contributed by atoms with Crippen molar-refractivity contribution < 1.29 is 9.53 Å². The standard InChI is InChI=1S/C18H24N2O2/c1-7-22-18(21)9-12(3)19-16-10-15-13(4)14(5)20(6)17(15)8-11(16)2/h8-10,19H,7H2,1-6H3/b12-9+. The molecular formula is C18H24N2O2. The number of nitrogens with zero attached hydrogens (tertiary/aromatic N) is 1. The number of rotatable bonds is 4. The van der Waals surface area contributed by atoms with Gasteiger partial charge in [0.1, 0.15) is 0 Å². The second-order valence-electron chi connectivity index (χ2n) is 5.66. The molecule has 1 aromatic carbocycles. The van der Waals surface area contributed by atoms with E-state index in [1.165, 1.54) is 28.2 Å². The van der Waals surface area contributed by atoms with E-state index in [9.17, 15) is 4.79 Å². The number of esters is 1. The number of hydrogen-bond acceptors (Lipinski definition) is 3. The molecule has 0 saturated heterocycles. The Kier molecular flexibility index (Phi) is 4.59. The Labute approximate surface area is 131 Å². The molecule has 4 heteroatoms. The molecule has 0 aliphatic heterocycles. The van der Waals surface area contributed by atoms with Crippen molar-refractivity contribution in [3.8, 4) is 0 Å². The number of nitrogens with one attached hydrogen (secondary N) is 1. The van der Waals surface area contributed by atoms with Crippen LogP contribution in [0.25, 0.3) is 10.9 Å². The molecule has 2 rings (SSSR count). The van der Waals surface area contributed by atoms with Crippen LogP contribution in [0.15, 0.2) is 23.9 Å². The molecule has 0 radical (unpaired) electrons. The third-order valence-electron chi connectivity index (χ3n) is 4.11. The molecule has 0 spiro atoms. The number of allylic oxidation sites excluding steroid dienone is 1. The maximum Gasteiger partial charge on any atom is 0.332 e. The summed E-state index contributed by atoms with van der Waals surface area (Å²) in [5.41, 5.74) is 6.71. The van der Waals surface area contributed by atoms with Crippen LogP contribution in [-0.2, 0) is 16.6 Å². The highest BCUT2D eigenvalue weighted by atomic mass is 16.5. The minimum absolute atomic E-state index is 0.321. The summed E-state index contributed by atoms with van der Waals surface area (Å²) < 4.78 is 7.14. The SMILES string of the molecule is CCOC(=O)/C=C(\C)Nc1cc2c(C)c(C)n(C)c2cc1C. The average molecular weight is 300 g/mol. The molecule has 0 amide bonds. The normalized spacial score (nSPS) is 11.8. The van der Waals surface area contributed by atoms with Crippen molar-refractivity contribution in [1.29, 1.82) is 0 Å².